The van der Waals surface area contributed by atoms with E-state index in [0.29, 0.717) is 5.92 Å². The molecule has 3 fully saturated rings. The number of carbonyl (C=O) groups is 2. The minimum Gasteiger partial charge on any atom is -0.458 e. The summed E-state index contributed by atoms with van der Waals surface area (Å²) in [6.45, 7) is 10.4. The molecule has 3 aliphatic rings. The molecule has 2 saturated carbocycles. The maximum atomic E-state index is 12.8. The molecular formula is C18H28O4. The lowest BCUT2D eigenvalue weighted by Gasteiger charge is -2.36. The van der Waals surface area contributed by atoms with E-state index in [1.165, 1.54) is 0 Å². The van der Waals surface area contributed by atoms with Crippen LogP contribution in [0.3, 0.4) is 0 Å². The summed E-state index contributed by atoms with van der Waals surface area (Å²) < 4.78 is 11.5. The molecule has 3 rings (SSSR count). The highest BCUT2D eigenvalue weighted by Crippen LogP contribution is 2.62. The van der Waals surface area contributed by atoms with Crippen molar-refractivity contribution in [3.63, 3.8) is 0 Å². The Balaban J connectivity index is 1.76. The van der Waals surface area contributed by atoms with E-state index in [0.717, 1.165) is 25.7 Å². The first-order valence-electron chi connectivity index (χ1n) is 8.62. The first kappa shape index (κ1) is 15.8. The molecule has 1 saturated heterocycles. The Labute approximate surface area is 132 Å². The fourth-order valence-electron chi connectivity index (χ4n) is 4.99. The van der Waals surface area contributed by atoms with Gasteiger partial charge in [0.2, 0.25) is 0 Å². The second-order valence-corrected chi connectivity index (χ2v) is 8.57. The minimum atomic E-state index is -0.450. The van der Waals surface area contributed by atoms with Crippen LogP contribution in [0.15, 0.2) is 0 Å². The van der Waals surface area contributed by atoms with Crippen molar-refractivity contribution < 1.29 is 19.1 Å². The fraction of sp³-hybridized carbons (Fsp3) is 0.889. The molecule has 0 radical (unpaired) electrons. The van der Waals surface area contributed by atoms with Gasteiger partial charge in [-0.2, -0.15) is 0 Å². The molecule has 1 heterocycles. The number of esters is 2. The molecule has 0 aromatic rings. The van der Waals surface area contributed by atoms with E-state index in [4.69, 9.17) is 9.47 Å². The highest BCUT2D eigenvalue weighted by Gasteiger charge is 2.68. The van der Waals surface area contributed by atoms with Crippen molar-refractivity contribution in [2.75, 3.05) is 0 Å². The van der Waals surface area contributed by atoms with Gasteiger partial charge in [-0.1, -0.05) is 27.7 Å². The molecule has 0 N–H and O–H groups in total. The van der Waals surface area contributed by atoms with Crippen molar-refractivity contribution in [1.82, 2.24) is 0 Å². The highest BCUT2D eigenvalue weighted by molar-refractivity contribution is 5.79. The summed E-state index contributed by atoms with van der Waals surface area (Å²) in [7, 11) is 0. The van der Waals surface area contributed by atoms with Gasteiger partial charge >= 0.3 is 11.9 Å². The zero-order valence-corrected chi connectivity index (χ0v) is 14.3. The van der Waals surface area contributed by atoms with Gasteiger partial charge in [0.25, 0.3) is 0 Å². The second kappa shape index (κ2) is 4.97. The van der Waals surface area contributed by atoms with Gasteiger partial charge in [0.1, 0.15) is 12.2 Å². The molecule has 2 bridgehead atoms. The number of rotatable bonds is 5. The quantitative estimate of drug-likeness (QED) is 0.731. The molecule has 1 aliphatic heterocycles. The zero-order chi connectivity index (χ0) is 16.3. The number of hydrogen-bond acceptors (Lipinski definition) is 4. The second-order valence-electron chi connectivity index (χ2n) is 8.57. The molecular weight excluding hydrogens is 280 g/mol. The number of ether oxygens (including phenoxy) is 2. The monoisotopic (exact) mass is 308 g/mol. The largest absolute Gasteiger partial charge is 0.458 e. The molecule has 4 heteroatoms. The van der Waals surface area contributed by atoms with Crippen LogP contribution in [0, 0.1) is 28.6 Å². The molecule has 124 valence electrons. The third-order valence-electron chi connectivity index (χ3n) is 6.23. The molecule has 4 nitrogen and oxygen atoms in total. The van der Waals surface area contributed by atoms with Crippen LogP contribution >= 0.6 is 0 Å². The summed E-state index contributed by atoms with van der Waals surface area (Å²) in [5.41, 5.74) is -0.539. The maximum Gasteiger partial charge on any atom is 0.312 e. The lowest BCUT2D eigenvalue weighted by molar-refractivity contribution is -0.176. The van der Waals surface area contributed by atoms with Gasteiger partial charge in [-0.3, -0.25) is 9.59 Å². The molecule has 22 heavy (non-hydrogen) atoms. The lowest BCUT2D eigenvalue weighted by atomic mass is 9.77. The van der Waals surface area contributed by atoms with E-state index in [9.17, 15) is 9.59 Å². The van der Waals surface area contributed by atoms with Gasteiger partial charge in [0.15, 0.2) is 0 Å². The molecule has 0 amide bonds. The predicted molar refractivity (Wildman–Crippen MR) is 81.9 cm³/mol. The number of carbonyl (C=O) groups excluding carboxylic acids is 2. The van der Waals surface area contributed by atoms with Crippen molar-refractivity contribution in [3.8, 4) is 0 Å². The average molecular weight is 308 g/mol. The Hall–Kier alpha value is -1.06. The average Bonchev–Trinajstić information content (AvgIpc) is 2.97. The summed E-state index contributed by atoms with van der Waals surface area (Å²) in [6.07, 6.45) is 2.87. The summed E-state index contributed by atoms with van der Waals surface area (Å²) in [5.74, 6) is 0.535. The van der Waals surface area contributed by atoms with E-state index in [1.54, 1.807) is 0 Å². The Morgan fingerprint density at radius 1 is 1.45 bits per heavy atom. The highest BCUT2D eigenvalue weighted by atomic mass is 16.6. The maximum absolute atomic E-state index is 12.8. The third kappa shape index (κ3) is 2.17. The van der Waals surface area contributed by atoms with Gasteiger partial charge in [-0.05, 0) is 38.5 Å². The predicted octanol–water partition coefficient (Wildman–Crippen LogP) is 3.33. The van der Waals surface area contributed by atoms with Gasteiger partial charge in [0.05, 0.1) is 11.3 Å². The molecule has 0 aromatic carbocycles. The first-order valence-corrected chi connectivity index (χ1v) is 8.62. The van der Waals surface area contributed by atoms with Crippen molar-refractivity contribution in [2.24, 2.45) is 28.6 Å². The normalized spacial score (nSPS) is 41.6. The van der Waals surface area contributed by atoms with E-state index >= 15 is 0 Å². The minimum absolute atomic E-state index is 0.0400. The van der Waals surface area contributed by atoms with Gasteiger partial charge in [0, 0.05) is 11.3 Å². The standard InChI is InChI=1S/C18H28O4/c1-6-17(4,7-10(2)3)16(20)22-14-13-11-8-18(14,5)9-12(11)15(19)21-13/h10-14H,6-9H2,1-5H3. The summed E-state index contributed by atoms with van der Waals surface area (Å²) in [4.78, 5) is 24.7. The van der Waals surface area contributed by atoms with Crippen LogP contribution in [0.4, 0.5) is 0 Å². The molecule has 0 spiro atoms. The van der Waals surface area contributed by atoms with Crippen LogP contribution in [0.5, 0.6) is 0 Å². The number of hydrogen-bond donors (Lipinski definition) is 0. The first-order chi connectivity index (χ1) is 10.2. The summed E-state index contributed by atoms with van der Waals surface area (Å²) in [6, 6.07) is 0. The van der Waals surface area contributed by atoms with Crippen molar-refractivity contribution in [3.05, 3.63) is 0 Å². The number of fused-ring (bicyclic) bond motifs is 1. The van der Waals surface area contributed by atoms with Crippen LogP contribution in [0.2, 0.25) is 0 Å². The van der Waals surface area contributed by atoms with E-state index in [2.05, 4.69) is 20.8 Å². The molecule has 6 atom stereocenters. The van der Waals surface area contributed by atoms with Crippen LogP contribution < -0.4 is 0 Å². The topological polar surface area (TPSA) is 52.6 Å². The summed E-state index contributed by atoms with van der Waals surface area (Å²) in [5, 5.41) is 0. The third-order valence-corrected chi connectivity index (χ3v) is 6.23. The SMILES string of the molecule is CCC(C)(CC(C)C)C(=O)OC1C2OC(=O)C3CC1(C)CC32. The van der Waals surface area contributed by atoms with Gasteiger partial charge in [-0.25, -0.2) is 0 Å². The Morgan fingerprint density at radius 2 is 2.14 bits per heavy atom. The molecule has 0 aromatic heterocycles. The fourth-order valence-corrected chi connectivity index (χ4v) is 4.99. The van der Waals surface area contributed by atoms with Crippen LogP contribution in [-0.2, 0) is 19.1 Å². The van der Waals surface area contributed by atoms with Crippen molar-refractivity contribution in [1.29, 1.82) is 0 Å². The smallest absolute Gasteiger partial charge is 0.312 e. The van der Waals surface area contributed by atoms with E-state index < -0.39 is 5.41 Å². The Kier molecular flexibility index (Phi) is 3.57. The van der Waals surface area contributed by atoms with E-state index in [1.807, 2.05) is 13.8 Å². The van der Waals surface area contributed by atoms with E-state index in [-0.39, 0.29) is 41.4 Å². The zero-order valence-electron chi connectivity index (χ0n) is 14.3. The van der Waals surface area contributed by atoms with Crippen LogP contribution in [0.1, 0.15) is 60.3 Å². The summed E-state index contributed by atoms with van der Waals surface area (Å²) >= 11 is 0. The molecule has 2 aliphatic carbocycles. The Bertz CT molecular complexity index is 499. The van der Waals surface area contributed by atoms with Gasteiger partial charge in [-0.15, -0.1) is 0 Å². The van der Waals surface area contributed by atoms with Crippen molar-refractivity contribution >= 4 is 11.9 Å². The van der Waals surface area contributed by atoms with Crippen LogP contribution in [-0.4, -0.2) is 24.1 Å². The van der Waals surface area contributed by atoms with Crippen molar-refractivity contribution in [2.45, 2.75) is 72.5 Å². The van der Waals surface area contributed by atoms with Gasteiger partial charge < -0.3 is 9.47 Å². The molecule has 6 unspecified atom stereocenters. The Morgan fingerprint density at radius 3 is 2.73 bits per heavy atom. The van der Waals surface area contributed by atoms with Crippen LogP contribution in [0.25, 0.3) is 0 Å². The lowest BCUT2D eigenvalue weighted by Crippen LogP contribution is -2.44.